The molecule has 1 aromatic heterocycles. The molecule has 0 bridgehead atoms. The first-order chi connectivity index (χ1) is 9.61. The zero-order chi connectivity index (χ0) is 14.5. The lowest BCUT2D eigenvalue weighted by Crippen LogP contribution is -2.33. The number of unbranched alkanes of at least 4 members (excludes halogenated alkanes) is 1. The van der Waals surface area contributed by atoms with Crippen LogP contribution in [0.4, 0.5) is 5.69 Å². The summed E-state index contributed by atoms with van der Waals surface area (Å²) < 4.78 is 1.44. The van der Waals surface area contributed by atoms with E-state index >= 15 is 0 Å². The summed E-state index contributed by atoms with van der Waals surface area (Å²) in [4.78, 5) is 12.1. The Hall–Kier alpha value is -1.07. The van der Waals surface area contributed by atoms with Gasteiger partial charge in [-0.25, -0.2) is 4.68 Å². The molecular weight excluding hydrogens is 276 g/mol. The highest BCUT2D eigenvalue weighted by atomic mass is 35.5. The van der Waals surface area contributed by atoms with Crippen molar-refractivity contribution in [3.63, 3.8) is 0 Å². The molecule has 1 heterocycles. The van der Waals surface area contributed by atoms with Gasteiger partial charge in [0, 0.05) is 18.6 Å². The van der Waals surface area contributed by atoms with Gasteiger partial charge in [-0.15, -0.1) is 0 Å². The maximum atomic E-state index is 12.1. The Morgan fingerprint density at radius 1 is 1.45 bits per heavy atom. The summed E-state index contributed by atoms with van der Waals surface area (Å²) in [5.41, 5.74) is 6.32. The molecule has 1 fully saturated rings. The highest BCUT2D eigenvalue weighted by Crippen LogP contribution is 2.23. The molecule has 0 aliphatic heterocycles. The maximum absolute atomic E-state index is 12.1. The predicted molar refractivity (Wildman–Crippen MR) is 82.3 cm³/mol. The Morgan fingerprint density at radius 2 is 2.15 bits per heavy atom. The molecule has 0 aromatic carbocycles. The van der Waals surface area contributed by atoms with Crippen molar-refractivity contribution >= 4 is 17.3 Å². The van der Waals surface area contributed by atoms with Gasteiger partial charge in [0.25, 0.3) is 5.56 Å². The second-order valence-corrected chi connectivity index (χ2v) is 5.89. The molecule has 112 valence electrons. The third-order valence-corrected chi connectivity index (χ3v) is 4.21. The highest BCUT2D eigenvalue weighted by Gasteiger charge is 2.20. The van der Waals surface area contributed by atoms with Crippen LogP contribution in [-0.2, 0) is 6.54 Å². The second kappa shape index (κ2) is 7.09. The number of nitrogens with zero attached hydrogens (tertiary/aromatic N) is 2. The molecule has 1 saturated carbocycles. The molecular formula is C14H23ClN4O. The van der Waals surface area contributed by atoms with Crippen LogP contribution in [0.15, 0.2) is 11.0 Å². The summed E-state index contributed by atoms with van der Waals surface area (Å²) in [7, 11) is 0. The van der Waals surface area contributed by atoms with Crippen LogP contribution in [0.2, 0.25) is 5.02 Å². The summed E-state index contributed by atoms with van der Waals surface area (Å²) in [6, 6.07) is 0.642. The van der Waals surface area contributed by atoms with Crippen molar-refractivity contribution in [2.24, 2.45) is 5.73 Å². The number of rotatable bonds is 5. The first-order valence-corrected chi connectivity index (χ1v) is 7.77. The van der Waals surface area contributed by atoms with Gasteiger partial charge < -0.3 is 11.1 Å². The number of nitrogens with one attached hydrogen (secondary N) is 1. The van der Waals surface area contributed by atoms with Gasteiger partial charge in [-0.3, -0.25) is 4.79 Å². The van der Waals surface area contributed by atoms with Crippen LogP contribution in [0.1, 0.15) is 45.4 Å². The van der Waals surface area contributed by atoms with Gasteiger partial charge >= 0.3 is 0 Å². The molecule has 0 radical (unpaired) electrons. The van der Waals surface area contributed by atoms with Crippen LogP contribution in [0.25, 0.3) is 0 Å². The average molecular weight is 299 g/mol. The summed E-state index contributed by atoms with van der Waals surface area (Å²) in [6.45, 7) is 2.70. The maximum Gasteiger partial charge on any atom is 0.287 e. The van der Waals surface area contributed by atoms with E-state index < -0.39 is 0 Å². The SMILES string of the molecule is CCCCn1ncc(NC2CCC(N)CC2)c(Cl)c1=O. The van der Waals surface area contributed by atoms with Crippen molar-refractivity contribution < 1.29 is 0 Å². The van der Waals surface area contributed by atoms with Crippen LogP contribution in [0.3, 0.4) is 0 Å². The van der Waals surface area contributed by atoms with Crippen molar-refractivity contribution in [3.05, 3.63) is 21.6 Å². The monoisotopic (exact) mass is 298 g/mol. The van der Waals surface area contributed by atoms with Gasteiger partial charge in [-0.05, 0) is 32.1 Å². The molecule has 6 heteroatoms. The smallest absolute Gasteiger partial charge is 0.287 e. The molecule has 0 spiro atoms. The van der Waals surface area contributed by atoms with Crippen molar-refractivity contribution in [3.8, 4) is 0 Å². The predicted octanol–water partition coefficient (Wildman–Crippen LogP) is 2.38. The molecule has 5 nitrogen and oxygen atoms in total. The number of halogens is 1. The number of anilines is 1. The molecule has 1 aliphatic rings. The van der Waals surface area contributed by atoms with Gasteiger partial charge in [0.15, 0.2) is 0 Å². The van der Waals surface area contributed by atoms with Gasteiger partial charge in [-0.2, -0.15) is 5.10 Å². The van der Waals surface area contributed by atoms with E-state index in [1.54, 1.807) is 6.20 Å². The molecule has 1 aromatic rings. The van der Waals surface area contributed by atoms with E-state index in [1.807, 2.05) is 0 Å². The van der Waals surface area contributed by atoms with Crippen molar-refractivity contribution in [1.82, 2.24) is 9.78 Å². The van der Waals surface area contributed by atoms with Crippen LogP contribution in [-0.4, -0.2) is 21.9 Å². The van der Waals surface area contributed by atoms with Crippen LogP contribution < -0.4 is 16.6 Å². The van der Waals surface area contributed by atoms with E-state index in [1.165, 1.54) is 4.68 Å². The van der Waals surface area contributed by atoms with E-state index in [0.29, 0.717) is 24.3 Å². The Morgan fingerprint density at radius 3 is 2.80 bits per heavy atom. The number of hydrogen-bond acceptors (Lipinski definition) is 4. The zero-order valence-corrected chi connectivity index (χ0v) is 12.7. The molecule has 2 rings (SSSR count). The molecule has 0 atom stereocenters. The molecule has 1 aliphatic carbocycles. The molecule has 3 N–H and O–H groups in total. The number of aryl methyl sites for hydroxylation is 1. The number of aromatic nitrogens is 2. The number of nitrogens with two attached hydrogens (primary N) is 1. The summed E-state index contributed by atoms with van der Waals surface area (Å²) in [6.07, 6.45) is 7.65. The Balaban J connectivity index is 2.05. The van der Waals surface area contributed by atoms with E-state index in [9.17, 15) is 4.79 Å². The lowest BCUT2D eigenvalue weighted by molar-refractivity contribution is 0.411. The van der Waals surface area contributed by atoms with Crippen LogP contribution in [0, 0.1) is 0 Å². The summed E-state index contributed by atoms with van der Waals surface area (Å²) in [5, 5.41) is 7.76. The standard InChI is InChI=1S/C14H23ClN4O/c1-2-3-8-19-14(20)13(15)12(9-17-19)18-11-6-4-10(16)5-7-11/h9-11,18H,2-8,16H2,1H3. The van der Waals surface area contributed by atoms with Crippen molar-refractivity contribution in [1.29, 1.82) is 0 Å². The molecule has 0 amide bonds. The summed E-state index contributed by atoms with van der Waals surface area (Å²) >= 11 is 6.16. The minimum Gasteiger partial charge on any atom is -0.380 e. The molecule has 0 saturated heterocycles. The van der Waals surface area contributed by atoms with Crippen molar-refractivity contribution in [2.45, 2.75) is 64.1 Å². The Bertz CT molecular complexity index is 494. The normalized spacial score (nSPS) is 22.8. The quantitative estimate of drug-likeness (QED) is 0.875. The lowest BCUT2D eigenvalue weighted by atomic mass is 9.92. The average Bonchev–Trinajstić information content (AvgIpc) is 2.45. The molecule has 20 heavy (non-hydrogen) atoms. The van der Waals surface area contributed by atoms with Gasteiger partial charge in [0.2, 0.25) is 0 Å². The van der Waals surface area contributed by atoms with E-state index in [0.717, 1.165) is 38.5 Å². The molecule has 0 unspecified atom stereocenters. The zero-order valence-electron chi connectivity index (χ0n) is 11.9. The van der Waals surface area contributed by atoms with Gasteiger partial charge in [0.05, 0.1) is 11.9 Å². The lowest BCUT2D eigenvalue weighted by Gasteiger charge is -2.27. The minimum absolute atomic E-state index is 0.211. The number of hydrogen-bond donors (Lipinski definition) is 2. The van der Waals surface area contributed by atoms with Gasteiger partial charge in [-0.1, -0.05) is 24.9 Å². The first kappa shape index (κ1) is 15.3. The van der Waals surface area contributed by atoms with Crippen LogP contribution in [0.5, 0.6) is 0 Å². The van der Waals surface area contributed by atoms with Crippen molar-refractivity contribution in [2.75, 3.05) is 5.32 Å². The summed E-state index contributed by atoms with van der Waals surface area (Å²) in [5.74, 6) is 0. The van der Waals surface area contributed by atoms with E-state index in [4.69, 9.17) is 17.3 Å². The minimum atomic E-state index is -0.211. The largest absolute Gasteiger partial charge is 0.380 e. The van der Waals surface area contributed by atoms with Crippen LogP contribution >= 0.6 is 11.6 Å². The van der Waals surface area contributed by atoms with E-state index in [2.05, 4.69) is 17.3 Å². The third-order valence-electron chi connectivity index (χ3n) is 3.84. The Kier molecular flexibility index (Phi) is 5.43. The fourth-order valence-electron chi connectivity index (χ4n) is 2.52. The first-order valence-electron chi connectivity index (χ1n) is 7.39. The fraction of sp³-hybridized carbons (Fsp3) is 0.714. The Labute approximate surface area is 124 Å². The topological polar surface area (TPSA) is 72.9 Å². The second-order valence-electron chi connectivity index (χ2n) is 5.51. The van der Waals surface area contributed by atoms with Gasteiger partial charge in [0.1, 0.15) is 5.02 Å². The fourth-order valence-corrected chi connectivity index (χ4v) is 2.72. The third kappa shape index (κ3) is 3.73. The highest BCUT2D eigenvalue weighted by molar-refractivity contribution is 6.32. The van der Waals surface area contributed by atoms with E-state index in [-0.39, 0.29) is 10.6 Å².